The molecule has 0 aliphatic carbocycles. The molecule has 29 heavy (non-hydrogen) atoms. The average molecular weight is 438 g/mol. The minimum Gasteiger partial charge on any atom is -0.282 e. The fourth-order valence-electron chi connectivity index (χ4n) is 2.86. The molecule has 12 heteroatoms. The van der Waals surface area contributed by atoms with Crippen molar-refractivity contribution >= 4 is 43.8 Å². The second kappa shape index (κ2) is 8.58. The summed E-state index contributed by atoms with van der Waals surface area (Å²) < 4.78 is 65.4. The van der Waals surface area contributed by atoms with Crippen LogP contribution in [0.2, 0.25) is 0 Å². The molecule has 0 unspecified atom stereocenters. The van der Waals surface area contributed by atoms with E-state index >= 15 is 0 Å². The highest BCUT2D eigenvalue weighted by molar-refractivity contribution is 7.86. The summed E-state index contributed by atoms with van der Waals surface area (Å²) in [6, 6.07) is 7.49. The Morgan fingerprint density at radius 1 is 0.828 bits per heavy atom. The Morgan fingerprint density at radius 2 is 1.21 bits per heavy atom. The molecule has 10 nitrogen and oxygen atoms in total. The van der Waals surface area contributed by atoms with Gasteiger partial charge in [-0.2, -0.15) is 26.8 Å². The molecule has 152 valence electrons. The summed E-state index contributed by atoms with van der Waals surface area (Å²) in [5.74, 6) is -0.570. The Morgan fingerprint density at radius 3 is 1.48 bits per heavy atom. The van der Waals surface area contributed by atoms with Gasteiger partial charge in [0.05, 0.1) is 11.4 Å². The molecule has 0 aliphatic rings. The van der Waals surface area contributed by atoms with Gasteiger partial charge in [0.2, 0.25) is 12.2 Å². The number of carbonyl (C=O) groups excluding carboxylic acids is 2. The number of aliphatic imine (C=N–C) groups is 2. The predicted molar refractivity (Wildman–Crippen MR) is 100 cm³/mol. The maximum absolute atomic E-state index is 11.6. The van der Waals surface area contributed by atoms with Gasteiger partial charge in [-0.05, 0) is 41.8 Å². The molecular formula is C17H14N2O8S2. The van der Waals surface area contributed by atoms with Gasteiger partial charge in [0, 0.05) is 5.92 Å². The quantitative estimate of drug-likeness (QED) is 0.378. The van der Waals surface area contributed by atoms with Crippen LogP contribution >= 0.6 is 0 Å². The molecule has 0 spiro atoms. The number of rotatable bonds is 7. The van der Waals surface area contributed by atoms with Crippen LogP contribution in [0.4, 0.5) is 11.4 Å². The fourth-order valence-corrected chi connectivity index (χ4v) is 4.18. The topological polar surface area (TPSA) is 168 Å². The third-order valence-electron chi connectivity index (χ3n) is 4.07. The van der Waals surface area contributed by atoms with E-state index in [4.69, 9.17) is 0 Å². The van der Waals surface area contributed by atoms with Gasteiger partial charge in [-0.25, -0.2) is 9.59 Å². The Hall–Kier alpha value is -2.98. The number of hydrogen-bond acceptors (Lipinski definition) is 8. The lowest BCUT2D eigenvalue weighted by atomic mass is 9.89. The smallest absolute Gasteiger partial charge is 0.282 e. The van der Waals surface area contributed by atoms with Crippen molar-refractivity contribution in [3.63, 3.8) is 0 Å². The van der Waals surface area contributed by atoms with E-state index < -0.39 is 35.9 Å². The summed E-state index contributed by atoms with van der Waals surface area (Å²) in [4.78, 5) is 26.2. The van der Waals surface area contributed by atoms with Crippen LogP contribution < -0.4 is 0 Å². The van der Waals surface area contributed by atoms with Gasteiger partial charge < -0.3 is 0 Å². The van der Waals surface area contributed by atoms with E-state index in [9.17, 15) is 35.5 Å². The minimum atomic E-state index is -4.71. The molecule has 0 amide bonds. The summed E-state index contributed by atoms with van der Waals surface area (Å²) >= 11 is 0. The highest BCUT2D eigenvalue weighted by Gasteiger charge is 2.23. The van der Waals surface area contributed by atoms with E-state index in [1.165, 1.54) is 36.4 Å². The molecule has 2 aromatic carbocycles. The van der Waals surface area contributed by atoms with Crippen molar-refractivity contribution in [2.45, 2.75) is 29.1 Å². The molecule has 0 saturated carbocycles. The van der Waals surface area contributed by atoms with Gasteiger partial charge in [-0.15, -0.1) is 0 Å². The van der Waals surface area contributed by atoms with Gasteiger partial charge in [0.25, 0.3) is 20.2 Å². The maximum atomic E-state index is 11.6. The van der Waals surface area contributed by atoms with Crippen molar-refractivity contribution in [3.8, 4) is 0 Å². The Balaban J connectivity index is 2.72. The molecule has 0 fully saturated rings. The van der Waals surface area contributed by atoms with E-state index in [-0.39, 0.29) is 11.4 Å². The molecule has 0 heterocycles. The first kappa shape index (κ1) is 22.3. The van der Waals surface area contributed by atoms with Crippen LogP contribution in [0.1, 0.15) is 30.4 Å². The van der Waals surface area contributed by atoms with E-state index in [0.717, 1.165) is 12.1 Å². The van der Waals surface area contributed by atoms with Crippen LogP contribution in [-0.2, 0) is 29.8 Å². The first-order valence-electron chi connectivity index (χ1n) is 7.91. The van der Waals surface area contributed by atoms with Crippen LogP contribution in [-0.4, -0.2) is 38.1 Å². The second-order valence-electron chi connectivity index (χ2n) is 5.77. The zero-order chi connectivity index (χ0) is 21.8. The molecular weight excluding hydrogens is 424 g/mol. The lowest BCUT2D eigenvalue weighted by Crippen LogP contribution is -2.06. The van der Waals surface area contributed by atoms with Crippen LogP contribution in [0, 0.1) is 0 Å². The number of hydrogen-bond donors (Lipinski definition) is 2. The van der Waals surface area contributed by atoms with Crippen LogP contribution in [0.15, 0.2) is 56.2 Å². The Bertz CT molecular complexity index is 1160. The molecule has 0 aromatic heterocycles. The predicted octanol–water partition coefficient (Wildman–Crippen LogP) is 2.66. The summed E-state index contributed by atoms with van der Waals surface area (Å²) in [6.07, 6.45) is 2.76. The van der Waals surface area contributed by atoms with Gasteiger partial charge >= 0.3 is 0 Å². The summed E-state index contributed by atoms with van der Waals surface area (Å²) in [5, 5.41) is 0. The van der Waals surface area contributed by atoms with Crippen molar-refractivity contribution < 1.29 is 35.5 Å². The molecule has 2 aromatic rings. The second-order valence-corrected chi connectivity index (χ2v) is 8.55. The SMILES string of the molecule is CCC(c1ccc(N=C=O)c(S(=O)(=O)O)c1)c1ccc(N=C=O)c(S(=O)(=O)O)c1. The minimum absolute atomic E-state index is 0.310. The summed E-state index contributed by atoms with van der Waals surface area (Å²) in [5.41, 5.74) is 0.0987. The number of nitrogens with zero attached hydrogens (tertiary/aromatic N) is 2. The standard InChI is InChI=1S/C17H14N2O8S2/c1-2-13(11-3-5-14(18-9-20)16(7-11)28(22,23)24)12-4-6-15(19-10-21)17(8-12)29(25,26)27/h3-8,13H,2H2,1H3,(H,22,23,24)(H,25,26,27). The van der Waals surface area contributed by atoms with Crippen LogP contribution in [0.25, 0.3) is 0 Å². The Kier molecular flexibility index (Phi) is 6.60. The largest absolute Gasteiger partial charge is 0.296 e. The normalized spacial score (nSPS) is 12.5. The third-order valence-corrected chi connectivity index (χ3v) is 5.83. The molecule has 0 bridgehead atoms. The zero-order valence-electron chi connectivity index (χ0n) is 14.8. The molecule has 2 rings (SSSR count). The molecule has 0 radical (unpaired) electrons. The van der Waals surface area contributed by atoms with Gasteiger partial charge in [0.15, 0.2) is 0 Å². The van der Waals surface area contributed by atoms with E-state index in [1.54, 1.807) is 6.92 Å². The van der Waals surface area contributed by atoms with Crippen molar-refractivity contribution in [2.24, 2.45) is 9.98 Å². The average Bonchev–Trinajstić information content (AvgIpc) is 2.63. The monoisotopic (exact) mass is 438 g/mol. The van der Waals surface area contributed by atoms with Gasteiger partial charge in [0.1, 0.15) is 9.79 Å². The van der Waals surface area contributed by atoms with Crippen LogP contribution in [0.3, 0.4) is 0 Å². The summed E-state index contributed by atoms with van der Waals surface area (Å²) in [7, 11) is -9.43. The fraction of sp³-hybridized carbons (Fsp3) is 0.176. The first-order chi connectivity index (χ1) is 13.5. The van der Waals surface area contributed by atoms with E-state index in [2.05, 4.69) is 9.98 Å². The molecule has 0 saturated heterocycles. The van der Waals surface area contributed by atoms with Gasteiger partial charge in [-0.1, -0.05) is 19.1 Å². The maximum Gasteiger partial charge on any atom is 0.296 e. The summed E-state index contributed by atoms with van der Waals surface area (Å²) in [6.45, 7) is 1.74. The highest BCUT2D eigenvalue weighted by Crippen LogP contribution is 2.36. The van der Waals surface area contributed by atoms with Crippen molar-refractivity contribution in [3.05, 3.63) is 47.5 Å². The molecule has 0 atom stereocenters. The number of isocyanates is 2. The molecule has 0 aliphatic heterocycles. The van der Waals surface area contributed by atoms with E-state index in [1.807, 2.05) is 0 Å². The first-order valence-corrected chi connectivity index (χ1v) is 10.8. The lowest BCUT2D eigenvalue weighted by Gasteiger charge is -2.18. The van der Waals surface area contributed by atoms with Crippen molar-refractivity contribution in [2.75, 3.05) is 0 Å². The molecule has 2 N–H and O–H groups in total. The Labute approximate surface area is 166 Å². The van der Waals surface area contributed by atoms with Crippen molar-refractivity contribution in [1.29, 1.82) is 0 Å². The third kappa shape index (κ3) is 5.09. The zero-order valence-corrected chi connectivity index (χ0v) is 16.4. The van der Waals surface area contributed by atoms with Crippen LogP contribution in [0.5, 0.6) is 0 Å². The van der Waals surface area contributed by atoms with Crippen molar-refractivity contribution in [1.82, 2.24) is 0 Å². The lowest BCUT2D eigenvalue weighted by molar-refractivity contribution is 0.481. The van der Waals surface area contributed by atoms with Gasteiger partial charge in [-0.3, -0.25) is 9.11 Å². The number of benzene rings is 2. The highest BCUT2D eigenvalue weighted by atomic mass is 32.2. The van der Waals surface area contributed by atoms with E-state index in [0.29, 0.717) is 17.5 Å².